The molecule has 31 heavy (non-hydrogen) atoms. The molecule has 4 nitrogen and oxygen atoms in total. The van der Waals surface area contributed by atoms with E-state index in [0.717, 1.165) is 63.1 Å². The van der Waals surface area contributed by atoms with Crippen molar-refractivity contribution >= 4 is 24.8 Å². The van der Waals surface area contributed by atoms with E-state index in [9.17, 15) is 5.11 Å². The van der Waals surface area contributed by atoms with Crippen molar-refractivity contribution in [2.75, 3.05) is 19.6 Å². The van der Waals surface area contributed by atoms with E-state index in [1.165, 1.54) is 12.0 Å². The zero-order chi connectivity index (χ0) is 20.1. The number of likely N-dealkylation sites (tertiary alicyclic amines) is 1. The molecule has 2 aromatic rings. The number of rotatable bonds is 7. The van der Waals surface area contributed by atoms with E-state index in [4.69, 9.17) is 10.5 Å². The zero-order valence-electron chi connectivity index (χ0n) is 18.1. The van der Waals surface area contributed by atoms with Crippen molar-refractivity contribution in [3.05, 3.63) is 65.7 Å². The van der Waals surface area contributed by atoms with Crippen LogP contribution >= 0.6 is 24.8 Å². The first-order chi connectivity index (χ1) is 14.1. The average Bonchev–Trinajstić information content (AvgIpc) is 3.17. The SMILES string of the molecule is Cl.Cl.NC1CCN(CC(c2ccc(OCc3ccccc3)cc2)C2(O)CCCCC2)C1. The van der Waals surface area contributed by atoms with Crippen molar-refractivity contribution in [2.45, 2.75) is 62.7 Å². The van der Waals surface area contributed by atoms with Crippen LogP contribution in [0.25, 0.3) is 0 Å². The highest BCUT2D eigenvalue weighted by Gasteiger charge is 2.40. The molecule has 1 aliphatic heterocycles. The number of benzene rings is 2. The molecule has 1 heterocycles. The van der Waals surface area contributed by atoms with E-state index < -0.39 is 5.60 Å². The fourth-order valence-electron chi connectivity index (χ4n) is 4.92. The Morgan fingerprint density at radius 1 is 1.00 bits per heavy atom. The van der Waals surface area contributed by atoms with Crippen LogP contribution in [0.15, 0.2) is 54.6 Å². The third-order valence-electron chi connectivity index (χ3n) is 6.65. The van der Waals surface area contributed by atoms with Gasteiger partial charge in [0.2, 0.25) is 0 Å². The molecule has 1 saturated carbocycles. The first-order valence-corrected chi connectivity index (χ1v) is 11.1. The fourth-order valence-corrected chi connectivity index (χ4v) is 4.92. The maximum atomic E-state index is 11.5. The lowest BCUT2D eigenvalue weighted by molar-refractivity contribution is -0.0294. The van der Waals surface area contributed by atoms with Crippen LogP contribution in [-0.2, 0) is 6.61 Å². The van der Waals surface area contributed by atoms with Gasteiger partial charge in [-0.05, 0) is 49.1 Å². The van der Waals surface area contributed by atoms with Crippen molar-refractivity contribution in [3.63, 3.8) is 0 Å². The van der Waals surface area contributed by atoms with Crippen molar-refractivity contribution in [1.82, 2.24) is 4.90 Å². The maximum Gasteiger partial charge on any atom is 0.119 e. The molecule has 6 heteroatoms. The van der Waals surface area contributed by atoms with E-state index in [-0.39, 0.29) is 36.8 Å². The minimum atomic E-state index is -0.614. The highest BCUT2D eigenvalue weighted by molar-refractivity contribution is 5.85. The molecule has 0 radical (unpaired) electrons. The minimum absolute atomic E-state index is 0. The quantitative estimate of drug-likeness (QED) is 0.607. The summed E-state index contributed by atoms with van der Waals surface area (Å²) < 4.78 is 5.96. The standard InChI is InChI=1S/C25H34N2O2.2ClH/c26-22-13-16-27(17-22)18-24(25(28)14-5-2-6-15-25)21-9-11-23(12-10-21)29-19-20-7-3-1-4-8-20;;/h1,3-4,7-12,22,24,28H,2,5-6,13-19,26H2;2*1H. The number of aliphatic hydroxyl groups is 1. The Labute approximate surface area is 199 Å². The second-order valence-corrected chi connectivity index (χ2v) is 8.87. The van der Waals surface area contributed by atoms with Gasteiger partial charge in [-0.25, -0.2) is 0 Å². The van der Waals surface area contributed by atoms with Gasteiger partial charge < -0.3 is 20.5 Å². The molecule has 1 aliphatic carbocycles. The Morgan fingerprint density at radius 2 is 1.68 bits per heavy atom. The summed E-state index contributed by atoms with van der Waals surface area (Å²) >= 11 is 0. The van der Waals surface area contributed by atoms with Crippen LogP contribution in [0.5, 0.6) is 5.75 Å². The maximum absolute atomic E-state index is 11.5. The number of halogens is 2. The van der Waals surface area contributed by atoms with Crippen LogP contribution in [-0.4, -0.2) is 41.3 Å². The molecule has 0 spiro atoms. The summed E-state index contributed by atoms with van der Waals surface area (Å²) in [6, 6.07) is 18.9. The van der Waals surface area contributed by atoms with Crippen LogP contribution < -0.4 is 10.5 Å². The normalized spacial score (nSPS) is 21.5. The Hall–Kier alpha value is -1.30. The lowest BCUT2D eigenvalue weighted by Crippen LogP contribution is -2.44. The number of nitrogens with two attached hydrogens (primary N) is 1. The highest BCUT2D eigenvalue weighted by atomic mass is 35.5. The average molecular weight is 467 g/mol. The number of hydrogen-bond acceptors (Lipinski definition) is 4. The predicted molar refractivity (Wildman–Crippen MR) is 132 cm³/mol. The summed E-state index contributed by atoms with van der Waals surface area (Å²) in [4.78, 5) is 2.43. The highest BCUT2D eigenvalue weighted by Crippen LogP contribution is 2.41. The summed E-state index contributed by atoms with van der Waals surface area (Å²) in [7, 11) is 0. The zero-order valence-corrected chi connectivity index (χ0v) is 19.8. The second-order valence-electron chi connectivity index (χ2n) is 8.87. The van der Waals surface area contributed by atoms with Gasteiger partial charge in [-0.15, -0.1) is 24.8 Å². The van der Waals surface area contributed by atoms with Crippen molar-refractivity contribution in [3.8, 4) is 5.75 Å². The Morgan fingerprint density at radius 3 is 2.29 bits per heavy atom. The van der Waals surface area contributed by atoms with Crippen LogP contribution in [0.2, 0.25) is 0 Å². The fraction of sp³-hybridized carbons (Fsp3) is 0.520. The van der Waals surface area contributed by atoms with Crippen LogP contribution in [0.1, 0.15) is 55.6 Å². The monoisotopic (exact) mass is 466 g/mol. The van der Waals surface area contributed by atoms with Gasteiger partial charge in [0.1, 0.15) is 12.4 Å². The van der Waals surface area contributed by atoms with Gasteiger partial charge in [0, 0.05) is 25.0 Å². The Bertz CT molecular complexity index is 767. The van der Waals surface area contributed by atoms with Gasteiger partial charge in [-0.2, -0.15) is 0 Å². The third-order valence-corrected chi connectivity index (χ3v) is 6.65. The first kappa shape index (κ1) is 26.0. The molecule has 2 atom stereocenters. The van der Waals surface area contributed by atoms with Crippen LogP contribution in [0.4, 0.5) is 0 Å². The van der Waals surface area contributed by atoms with Crippen molar-refractivity contribution in [2.24, 2.45) is 5.73 Å². The Balaban J connectivity index is 0.00000171. The number of hydrogen-bond donors (Lipinski definition) is 2. The molecule has 0 bridgehead atoms. The molecular weight excluding hydrogens is 431 g/mol. The largest absolute Gasteiger partial charge is 0.489 e. The van der Waals surface area contributed by atoms with Gasteiger partial charge in [0.05, 0.1) is 5.60 Å². The molecule has 0 aromatic heterocycles. The molecule has 172 valence electrons. The van der Waals surface area contributed by atoms with Crippen molar-refractivity contribution < 1.29 is 9.84 Å². The van der Waals surface area contributed by atoms with Crippen LogP contribution in [0.3, 0.4) is 0 Å². The smallest absolute Gasteiger partial charge is 0.119 e. The van der Waals surface area contributed by atoms with Crippen LogP contribution in [0, 0.1) is 0 Å². The third kappa shape index (κ3) is 6.84. The molecule has 4 rings (SSSR count). The number of ether oxygens (including phenoxy) is 1. The lowest BCUT2D eigenvalue weighted by atomic mass is 9.72. The van der Waals surface area contributed by atoms with E-state index in [0.29, 0.717) is 6.61 Å². The van der Waals surface area contributed by atoms with Gasteiger partial charge in [0.25, 0.3) is 0 Å². The summed E-state index contributed by atoms with van der Waals surface area (Å²) in [5.41, 5.74) is 7.89. The van der Waals surface area contributed by atoms with E-state index in [2.05, 4.69) is 29.2 Å². The first-order valence-electron chi connectivity index (χ1n) is 11.1. The summed E-state index contributed by atoms with van der Waals surface area (Å²) in [6.45, 7) is 3.42. The molecule has 0 amide bonds. The molecular formula is C25H36Cl2N2O2. The lowest BCUT2D eigenvalue weighted by Gasteiger charge is -2.41. The predicted octanol–water partition coefficient (Wildman–Crippen LogP) is 4.92. The summed E-state index contributed by atoms with van der Waals surface area (Å²) in [6.07, 6.45) is 6.30. The number of nitrogens with zero attached hydrogens (tertiary/aromatic N) is 1. The molecule has 3 N–H and O–H groups in total. The molecule has 1 saturated heterocycles. The van der Waals surface area contributed by atoms with Gasteiger partial charge in [0.15, 0.2) is 0 Å². The van der Waals surface area contributed by atoms with E-state index in [1.54, 1.807) is 0 Å². The van der Waals surface area contributed by atoms with Gasteiger partial charge in [-0.1, -0.05) is 61.7 Å². The minimum Gasteiger partial charge on any atom is -0.489 e. The van der Waals surface area contributed by atoms with Crippen molar-refractivity contribution in [1.29, 1.82) is 0 Å². The summed E-state index contributed by atoms with van der Waals surface area (Å²) in [5, 5.41) is 11.5. The van der Waals surface area contributed by atoms with E-state index >= 15 is 0 Å². The Kier molecular flexibility index (Phi) is 10.1. The van der Waals surface area contributed by atoms with Gasteiger partial charge >= 0.3 is 0 Å². The molecule has 2 fully saturated rings. The topological polar surface area (TPSA) is 58.7 Å². The molecule has 2 unspecified atom stereocenters. The second kappa shape index (κ2) is 12.1. The molecule has 2 aromatic carbocycles. The summed E-state index contributed by atoms with van der Waals surface area (Å²) in [5.74, 6) is 0.992. The van der Waals surface area contributed by atoms with E-state index in [1.807, 2.05) is 30.3 Å². The molecule has 2 aliphatic rings. The van der Waals surface area contributed by atoms with Gasteiger partial charge in [-0.3, -0.25) is 0 Å².